The van der Waals surface area contributed by atoms with E-state index in [9.17, 15) is 4.79 Å². The Hall–Kier alpha value is -1.63. The highest BCUT2D eigenvalue weighted by Crippen LogP contribution is 2.17. The van der Waals surface area contributed by atoms with E-state index < -0.39 is 0 Å². The molecule has 2 aromatic rings. The first-order chi connectivity index (χ1) is 13.0. The van der Waals surface area contributed by atoms with Crippen molar-refractivity contribution in [2.45, 2.75) is 44.4 Å². The zero-order valence-electron chi connectivity index (χ0n) is 15.7. The normalized spacial score (nSPS) is 15.7. The van der Waals surface area contributed by atoms with Crippen LogP contribution in [-0.2, 0) is 11.3 Å². The molecule has 0 atom stereocenters. The molecule has 2 heterocycles. The van der Waals surface area contributed by atoms with Gasteiger partial charge in [0.15, 0.2) is 5.16 Å². The van der Waals surface area contributed by atoms with Crippen molar-refractivity contribution in [1.82, 2.24) is 20.2 Å². The van der Waals surface area contributed by atoms with E-state index in [4.69, 9.17) is 11.6 Å². The van der Waals surface area contributed by atoms with E-state index in [0.29, 0.717) is 10.9 Å². The molecule has 0 saturated carbocycles. The van der Waals surface area contributed by atoms with Gasteiger partial charge in [-0.05, 0) is 50.5 Å². The van der Waals surface area contributed by atoms with Gasteiger partial charge in [0, 0.05) is 42.1 Å². The lowest BCUT2D eigenvalue weighted by Gasteiger charge is -2.32. The van der Waals surface area contributed by atoms with Gasteiger partial charge in [-0.2, -0.15) is 0 Å². The smallest absolute Gasteiger partial charge is 0.230 e. The van der Waals surface area contributed by atoms with E-state index in [1.165, 1.54) is 17.3 Å². The van der Waals surface area contributed by atoms with Crippen molar-refractivity contribution in [3.8, 4) is 0 Å². The molecule has 0 spiro atoms. The van der Waals surface area contributed by atoms with Gasteiger partial charge >= 0.3 is 0 Å². The number of likely N-dealkylation sites (tertiary alicyclic amines) is 1. The number of hydrogen-bond donors (Lipinski definition) is 1. The Morgan fingerprint density at radius 1 is 1.19 bits per heavy atom. The highest BCUT2D eigenvalue weighted by Gasteiger charge is 2.21. The van der Waals surface area contributed by atoms with Gasteiger partial charge in [0.05, 0.1) is 5.75 Å². The predicted octanol–water partition coefficient (Wildman–Crippen LogP) is 3.62. The number of aromatic nitrogens is 2. The second-order valence-electron chi connectivity index (χ2n) is 6.97. The van der Waals surface area contributed by atoms with Gasteiger partial charge in [0.2, 0.25) is 5.91 Å². The Balaban J connectivity index is 1.39. The van der Waals surface area contributed by atoms with Crippen molar-refractivity contribution < 1.29 is 4.79 Å². The van der Waals surface area contributed by atoms with E-state index in [0.717, 1.165) is 48.9 Å². The van der Waals surface area contributed by atoms with Crippen molar-refractivity contribution in [2.75, 3.05) is 18.8 Å². The molecule has 1 aromatic heterocycles. The molecule has 27 heavy (non-hydrogen) atoms. The number of nitrogens with one attached hydrogen (secondary N) is 1. The Morgan fingerprint density at radius 3 is 2.44 bits per heavy atom. The van der Waals surface area contributed by atoms with E-state index in [1.807, 2.05) is 32.0 Å². The van der Waals surface area contributed by atoms with Crippen LogP contribution in [0, 0.1) is 13.8 Å². The van der Waals surface area contributed by atoms with Gasteiger partial charge in [-0.1, -0.05) is 35.5 Å². The lowest BCUT2D eigenvalue weighted by molar-refractivity contribution is -0.119. The molecular weight excluding hydrogens is 380 g/mol. The molecule has 1 aliphatic heterocycles. The summed E-state index contributed by atoms with van der Waals surface area (Å²) in [4.78, 5) is 23.4. The molecule has 3 rings (SSSR count). The van der Waals surface area contributed by atoms with Crippen LogP contribution in [0.4, 0.5) is 0 Å². The summed E-state index contributed by atoms with van der Waals surface area (Å²) < 4.78 is 0. The molecule has 0 aliphatic carbocycles. The van der Waals surface area contributed by atoms with Gasteiger partial charge in [-0.3, -0.25) is 9.69 Å². The first kappa shape index (κ1) is 20.1. The fourth-order valence-electron chi connectivity index (χ4n) is 3.24. The minimum Gasteiger partial charge on any atom is -0.353 e. The molecule has 1 fully saturated rings. The number of halogens is 1. The molecule has 0 radical (unpaired) electrons. The lowest BCUT2D eigenvalue weighted by atomic mass is 10.0. The average molecular weight is 405 g/mol. The second kappa shape index (κ2) is 9.53. The lowest BCUT2D eigenvalue weighted by Crippen LogP contribution is -2.44. The molecule has 1 N–H and O–H groups in total. The third-order valence-electron chi connectivity index (χ3n) is 4.57. The van der Waals surface area contributed by atoms with Crippen LogP contribution in [0.15, 0.2) is 35.5 Å². The van der Waals surface area contributed by atoms with Crippen LogP contribution in [0.2, 0.25) is 5.02 Å². The summed E-state index contributed by atoms with van der Waals surface area (Å²) in [6, 6.07) is 10.2. The zero-order valence-corrected chi connectivity index (χ0v) is 17.3. The topological polar surface area (TPSA) is 58.1 Å². The molecule has 1 amide bonds. The summed E-state index contributed by atoms with van der Waals surface area (Å²) >= 11 is 7.33. The van der Waals surface area contributed by atoms with Crippen LogP contribution in [0.1, 0.15) is 29.8 Å². The van der Waals surface area contributed by atoms with Crippen molar-refractivity contribution in [2.24, 2.45) is 0 Å². The summed E-state index contributed by atoms with van der Waals surface area (Å²) in [7, 11) is 0. The number of carbonyl (C=O) groups is 1. The monoisotopic (exact) mass is 404 g/mol. The summed E-state index contributed by atoms with van der Waals surface area (Å²) in [5.74, 6) is 0.410. The predicted molar refractivity (Wildman–Crippen MR) is 110 cm³/mol. The molecule has 1 aromatic carbocycles. The minimum absolute atomic E-state index is 0.0545. The number of hydrogen-bond acceptors (Lipinski definition) is 5. The molecule has 1 saturated heterocycles. The van der Waals surface area contributed by atoms with E-state index >= 15 is 0 Å². The van der Waals surface area contributed by atoms with E-state index in [-0.39, 0.29) is 11.9 Å². The number of rotatable bonds is 6. The maximum absolute atomic E-state index is 12.2. The van der Waals surface area contributed by atoms with Crippen LogP contribution >= 0.6 is 23.4 Å². The highest BCUT2D eigenvalue weighted by atomic mass is 35.5. The largest absolute Gasteiger partial charge is 0.353 e. The molecular formula is C20H25ClN4OS. The van der Waals surface area contributed by atoms with E-state index in [2.05, 4.69) is 32.3 Å². The standard InChI is InChI=1S/C20H25ClN4OS/c1-14-11-15(2)23-20(22-14)27-13-19(26)24-18-7-9-25(10-8-18)12-16-3-5-17(21)6-4-16/h3-6,11,18H,7-10,12-13H2,1-2H3,(H,24,26). The Bertz CT molecular complexity index is 756. The maximum Gasteiger partial charge on any atom is 0.230 e. The fourth-order valence-corrected chi connectivity index (χ4v) is 4.13. The fraction of sp³-hybridized carbons (Fsp3) is 0.450. The number of benzene rings is 1. The van der Waals surface area contributed by atoms with Gasteiger partial charge in [0.1, 0.15) is 0 Å². The number of aryl methyl sites for hydroxylation is 2. The van der Waals surface area contributed by atoms with Crippen LogP contribution in [0.25, 0.3) is 0 Å². The van der Waals surface area contributed by atoms with Crippen LogP contribution in [0.3, 0.4) is 0 Å². The number of nitrogens with zero attached hydrogens (tertiary/aromatic N) is 3. The van der Waals surface area contributed by atoms with Crippen LogP contribution < -0.4 is 5.32 Å². The van der Waals surface area contributed by atoms with Crippen molar-refractivity contribution >= 4 is 29.3 Å². The number of amides is 1. The van der Waals surface area contributed by atoms with Crippen molar-refractivity contribution in [3.05, 3.63) is 52.3 Å². The zero-order chi connectivity index (χ0) is 19.2. The van der Waals surface area contributed by atoms with E-state index in [1.54, 1.807) is 0 Å². The first-order valence-corrected chi connectivity index (χ1v) is 10.6. The molecule has 0 unspecified atom stereocenters. The maximum atomic E-state index is 12.2. The van der Waals surface area contributed by atoms with Crippen molar-refractivity contribution in [1.29, 1.82) is 0 Å². The molecule has 1 aliphatic rings. The molecule has 0 bridgehead atoms. The first-order valence-electron chi connectivity index (χ1n) is 9.19. The Morgan fingerprint density at radius 2 is 1.81 bits per heavy atom. The molecule has 144 valence electrons. The van der Waals surface area contributed by atoms with Crippen LogP contribution in [0.5, 0.6) is 0 Å². The Kier molecular flexibility index (Phi) is 7.10. The molecule has 5 nitrogen and oxygen atoms in total. The van der Waals surface area contributed by atoms with Gasteiger partial charge in [-0.15, -0.1) is 0 Å². The number of carbonyl (C=O) groups excluding carboxylic acids is 1. The number of piperidine rings is 1. The molecule has 7 heteroatoms. The Labute approximate surface area is 169 Å². The highest BCUT2D eigenvalue weighted by molar-refractivity contribution is 7.99. The summed E-state index contributed by atoms with van der Waals surface area (Å²) in [5, 5.41) is 4.59. The summed E-state index contributed by atoms with van der Waals surface area (Å²) in [6.07, 6.45) is 1.95. The third kappa shape index (κ3) is 6.48. The number of thioether (sulfide) groups is 1. The van der Waals surface area contributed by atoms with Crippen LogP contribution in [-0.4, -0.2) is 45.7 Å². The SMILES string of the molecule is Cc1cc(C)nc(SCC(=O)NC2CCN(Cc3ccc(Cl)cc3)CC2)n1. The third-order valence-corrected chi connectivity index (χ3v) is 5.67. The quantitative estimate of drug-likeness (QED) is 0.588. The minimum atomic E-state index is 0.0545. The average Bonchev–Trinajstić information content (AvgIpc) is 2.63. The summed E-state index contributed by atoms with van der Waals surface area (Å²) in [5.41, 5.74) is 3.13. The van der Waals surface area contributed by atoms with Gasteiger partial charge in [0.25, 0.3) is 0 Å². The second-order valence-corrected chi connectivity index (χ2v) is 8.35. The van der Waals surface area contributed by atoms with Gasteiger partial charge in [-0.25, -0.2) is 9.97 Å². The van der Waals surface area contributed by atoms with Crippen molar-refractivity contribution in [3.63, 3.8) is 0 Å². The summed E-state index contributed by atoms with van der Waals surface area (Å²) in [6.45, 7) is 6.78. The van der Waals surface area contributed by atoms with Gasteiger partial charge < -0.3 is 5.32 Å².